The fourth-order valence-corrected chi connectivity index (χ4v) is 2.21. The van der Waals surface area contributed by atoms with Crippen LogP contribution in [0.4, 0.5) is 0 Å². The summed E-state index contributed by atoms with van der Waals surface area (Å²) in [5, 5.41) is 0. The van der Waals surface area contributed by atoms with Crippen LogP contribution in [0.1, 0.15) is 22.3 Å². The first-order chi connectivity index (χ1) is 11.3. The fraction of sp³-hybridized carbons (Fsp3) is 0.100. The molecule has 0 N–H and O–H groups in total. The molecule has 1 aliphatic rings. The summed E-state index contributed by atoms with van der Waals surface area (Å²) in [7, 11) is 0. The zero-order chi connectivity index (χ0) is 15.9. The second-order valence-corrected chi connectivity index (χ2v) is 5.21. The molecule has 0 radical (unpaired) electrons. The van der Waals surface area contributed by atoms with E-state index >= 15 is 0 Å². The maximum atomic E-state index is 12.1. The minimum atomic E-state index is -0.0331. The van der Waals surface area contributed by atoms with Crippen LogP contribution in [0.3, 0.4) is 0 Å². The van der Waals surface area contributed by atoms with Crippen LogP contribution in [-0.4, -0.2) is 11.5 Å². The van der Waals surface area contributed by atoms with Gasteiger partial charge in [-0.1, -0.05) is 36.4 Å². The van der Waals surface area contributed by atoms with Gasteiger partial charge in [0.1, 0.15) is 12.4 Å². The summed E-state index contributed by atoms with van der Waals surface area (Å²) in [6.07, 6.45) is 7.83. The first-order valence-electron chi connectivity index (χ1n) is 7.52. The van der Waals surface area contributed by atoms with E-state index in [9.17, 15) is 4.79 Å². The van der Waals surface area contributed by atoms with Gasteiger partial charge in [-0.3, -0.25) is 9.79 Å². The molecule has 23 heavy (non-hydrogen) atoms. The Morgan fingerprint density at radius 3 is 2.57 bits per heavy atom. The van der Waals surface area contributed by atoms with Gasteiger partial charge in [-0.2, -0.15) is 0 Å². The Hall–Kier alpha value is -2.94. The monoisotopic (exact) mass is 303 g/mol. The Morgan fingerprint density at radius 1 is 1.09 bits per heavy atom. The molecule has 0 bridgehead atoms. The number of carbonyl (C=O) groups excluding carboxylic acids is 1. The van der Waals surface area contributed by atoms with E-state index < -0.39 is 0 Å². The lowest BCUT2D eigenvalue weighted by Crippen LogP contribution is -1.98. The van der Waals surface area contributed by atoms with Gasteiger partial charge in [0.25, 0.3) is 0 Å². The highest BCUT2D eigenvalue weighted by Gasteiger charge is 2.04. The van der Waals surface area contributed by atoms with Crippen LogP contribution in [0, 0.1) is 0 Å². The molecule has 2 aromatic rings. The number of allylic oxidation sites excluding steroid dienone is 3. The van der Waals surface area contributed by atoms with Crippen LogP contribution in [0.25, 0.3) is 0 Å². The lowest BCUT2D eigenvalue weighted by atomic mass is 10.1. The lowest BCUT2D eigenvalue weighted by molar-refractivity contribution is 0.104. The van der Waals surface area contributed by atoms with E-state index in [-0.39, 0.29) is 5.78 Å². The van der Waals surface area contributed by atoms with Crippen molar-refractivity contribution in [3.63, 3.8) is 0 Å². The second kappa shape index (κ2) is 7.36. The van der Waals surface area contributed by atoms with Crippen molar-refractivity contribution in [1.29, 1.82) is 0 Å². The van der Waals surface area contributed by atoms with E-state index in [1.165, 1.54) is 0 Å². The highest BCUT2D eigenvalue weighted by atomic mass is 16.5. The van der Waals surface area contributed by atoms with E-state index in [1.54, 1.807) is 30.5 Å². The standard InChI is InChI=1S/C20H17NO2/c22-20(13-10-18-7-4-14-21-18)17-8-11-19(12-9-17)23-15-16-5-2-1-3-6-16/h1-6,8-14H,7,15H2/b13-10+. The van der Waals surface area contributed by atoms with Gasteiger partial charge >= 0.3 is 0 Å². The summed E-state index contributed by atoms with van der Waals surface area (Å²) in [6, 6.07) is 17.2. The minimum absolute atomic E-state index is 0.0331. The Balaban J connectivity index is 1.57. The predicted octanol–water partition coefficient (Wildman–Crippen LogP) is 4.36. The molecule has 0 fully saturated rings. The number of ketones is 1. The number of nitrogens with zero attached hydrogens (tertiary/aromatic N) is 1. The van der Waals surface area contributed by atoms with Crippen LogP contribution in [0.5, 0.6) is 5.75 Å². The third kappa shape index (κ3) is 4.27. The average Bonchev–Trinajstić information content (AvgIpc) is 3.13. The molecule has 3 heteroatoms. The van der Waals surface area contributed by atoms with Crippen LogP contribution >= 0.6 is 0 Å². The molecule has 0 amide bonds. The smallest absolute Gasteiger partial charge is 0.185 e. The lowest BCUT2D eigenvalue weighted by Gasteiger charge is -2.06. The van der Waals surface area contributed by atoms with Crippen molar-refractivity contribution >= 4 is 11.5 Å². The van der Waals surface area contributed by atoms with Gasteiger partial charge in [-0.15, -0.1) is 0 Å². The van der Waals surface area contributed by atoms with E-state index in [4.69, 9.17) is 4.74 Å². The molecule has 3 rings (SSSR count). The number of ether oxygens (including phenoxy) is 1. The van der Waals surface area contributed by atoms with Crippen molar-refractivity contribution in [1.82, 2.24) is 0 Å². The second-order valence-electron chi connectivity index (χ2n) is 5.21. The Kier molecular flexibility index (Phi) is 4.79. The first-order valence-corrected chi connectivity index (χ1v) is 7.52. The summed E-state index contributed by atoms with van der Waals surface area (Å²) in [5.41, 5.74) is 2.66. The van der Waals surface area contributed by atoms with Gasteiger partial charge in [0.15, 0.2) is 5.78 Å². The molecule has 2 aromatic carbocycles. The van der Waals surface area contributed by atoms with Crippen LogP contribution in [-0.2, 0) is 6.61 Å². The van der Waals surface area contributed by atoms with Crippen LogP contribution in [0.2, 0.25) is 0 Å². The number of rotatable bonds is 6. The molecule has 3 nitrogen and oxygen atoms in total. The summed E-state index contributed by atoms with van der Waals surface area (Å²) in [5.74, 6) is 0.716. The fourth-order valence-electron chi connectivity index (χ4n) is 2.21. The molecular weight excluding hydrogens is 286 g/mol. The summed E-state index contributed by atoms with van der Waals surface area (Å²) in [6.45, 7) is 0.515. The molecule has 0 aliphatic carbocycles. The van der Waals surface area contributed by atoms with Gasteiger partial charge in [0, 0.05) is 23.9 Å². The molecular formula is C20H17NO2. The van der Waals surface area contributed by atoms with Gasteiger partial charge in [-0.25, -0.2) is 0 Å². The van der Waals surface area contributed by atoms with Crippen molar-refractivity contribution in [2.75, 3.05) is 0 Å². The maximum absolute atomic E-state index is 12.1. The van der Waals surface area contributed by atoms with Gasteiger partial charge in [-0.05, 0) is 42.0 Å². The van der Waals surface area contributed by atoms with Crippen molar-refractivity contribution in [2.45, 2.75) is 13.0 Å². The third-order valence-corrected chi connectivity index (χ3v) is 3.49. The number of benzene rings is 2. The molecule has 0 unspecified atom stereocenters. The Morgan fingerprint density at radius 2 is 1.87 bits per heavy atom. The van der Waals surface area contributed by atoms with Crippen LogP contribution < -0.4 is 4.74 Å². The minimum Gasteiger partial charge on any atom is -0.489 e. The van der Waals surface area contributed by atoms with E-state index in [1.807, 2.05) is 48.5 Å². The highest BCUT2D eigenvalue weighted by molar-refractivity contribution is 6.09. The molecule has 0 saturated heterocycles. The number of hydrogen-bond donors (Lipinski definition) is 0. The molecule has 0 atom stereocenters. The van der Waals surface area contributed by atoms with Crippen molar-refractivity contribution in [3.05, 3.63) is 90.2 Å². The third-order valence-electron chi connectivity index (χ3n) is 3.49. The topological polar surface area (TPSA) is 38.7 Å². The van der Waals surface area contributed by atoms with Crippen molar-refractivity contribution < 1.29 is 9.53 Å². The summed E-state index contributed by atoms with van der Waals surface area (Å²) in [4.78, 5) is 16.2. The van der Waals surface area contributed by atoms with E-state index in [0.29, 0.717) is 12.2 Å². The van der Waals surface area contributed by atoms with Gasteiger partial charge in [0.05, 0.1) is 0 Å². The molecule has 1 aliphatic heterocycles. The highest BCUT2D eigenvalue weighted by Crippen LogP contribution is 2.15. The Labute approximate surface area is 135 Å². The molecule has 1 heterocycles. The van der Waals surface area contributed by atoms with E-state index in [2.05, 4.69) is 4.99 Å². The zero-order valence-corrected chi connectivity index (χ0v) is 12.7. The molecule has 0 aromatic heterocycles. The molecule has 0 saturated carbocycles. The first kappa shape index (κ1) is 15.0. The molecule has 0 spiro atoms. The van der Waals surface area contributed by atoms with Crippen molar-refractivity contribution in [3.8, 4) is 5.75 Å². The summed E-state index contributed by atoms with van der Waals surface area (Å²) < 4.78 is 5.71. The average molecular weight is 303 g/mol. The van der Waals surface area contributed by atoms with Crippen molar-refractivity contribution in [2.24, 2.45) is 4.99 Å². The zero-order valence-electron chi connectivity index (χ0n) is 12.7. The number of carbonyl (C=O) groups is 1. The van der Waals surface area contributed by atoms with Crippen LogP contribution in [0.15, 0.2) is 84.0 Å². The normalized spacial score (nSPS) is 13.3. The quantitative estimate of drug-likeness (QED) is 0.587. The van der Waals surface area contributed by atoms with Gasteiger partial charge in [0.2, 0.25) is 0 Å². The SMILES string of the molecule is O=C(/C=C/C1=NC=CC1)c1ccc(OCc2ccccc2)cc1. The number of aliphatic imine (C=N–C) groups is 1. The Bertz CT molecular complexity index is 756. The largest absolute Gasteiger partial charge is 0.489 e. The predicted molar refractivity (Wildman–Crippen MR) is 91.9 cm³/mol. The molecule has 114 valence electrons. The van der Waals surface area contributed by atoms with E-state index in [0.717, 1.165) is 23.4 Å². The number of hydrogen-bond acceptors (Lipinski definition) is 3. The summed E-state index contributed by atoms with van der Waals surface area (Å²) >= 11 is 0. The van der Waals surface area contributed by atoms with Gasteiger partial charge < -0.3 is 4.74 Å². The maximum Gasteiger partial charge on any atom is 0.185 e.